The van der Waals surface area contributed by atoms with Crippen LogP contribution in [-0.4, -0.2) is 33.5 Å². The highest BCUT2D eigenvalue weighted by molar-refractivity contribution is 5.88. The van der Waals surface area contributed by atoms with Gasteiger partial charge in [-0.3, -0.25) is 4.79 Å². The van der Waals surface area contributed by atoms with Gasteiger partial charge >= 0.3 is 6.09 Å². The zero-order valence-corrected chi connectivity index (χ0v) is 14.8. The van der Waals surface area contributed by atoms with Crippen LogP contribution in [0.4, 0.5) is 4.79 Å². The van der Waals surface area contributed by atoms with Crippen molar-refractivity contribution in [2.24, 2.45) is 0 Å². The normalized spacial score (nSPS) is 14.6. The molecule has 0 N–H and O–H groups in total. The van der Waals surface area contributed by atoms with Crippen molar-refractivity contribution in [3.8, 4) is 0 Å². The fraction of sp³-hybridized carbons (Fsp3) is 0.474. The fourth-order valence-electron chi connectivity index (χ4n) is 3.28. The molecule has 0 atom stereocenters. The van der Waals surface area contributed by atoms with Gasteiger partial charge in [-0.2, -0.15) is 0 Å². The summed E-state index contributed by atoms with van der Waals surface area (Å²) in [6, 6.07) is 8.12. The predicted molar refractivity (Wildman–Crippen MR) is 93.0 cm³/mol. The molecule has 0 bridgehead atoms. The summed E-state index contributed by atoms with van der Waals surface area (Å²) in [6.07, 6.45) is 0.479. The van der Waals surface area contributed by atoms with Gasteiger partial charge in [0.05, 0.1) is 13.1 Å². The van der Waals surface area contributed by atoms with E-state index in [-0.39, 0.29) is 11.9 Å². The molecule has 0 radical (unpaired) electrons. The quantitative estimate of drug-likeness (QED) is 0.847. The summed E-state index contributed by atoms with van der Waals surface area (Å²) in [5.41, 5.74) is 2.84. The minimum Gasteiger partial charge on any atom is -0.444 e. The predicted octanol–water partition coefficient (Wildman–Crippen LogP) is 3.52. The lowest BCUT2D eigenvalue weighted by Gasteiger charge is -2.31. The highest BCUT2D eigenvalue weighted by Gasteiger charge is 2.29. The fourth-order valence-corrected chi connectivity index (χ4v) is 3.28. The van der Waals surface area contributed by atoms with Crippen LogP contribution < -0.4 is 0 Å². The molecule has 0 saturated heterocycles. The molecule has 1 aromatic heterocycles. The Bertz CT molecular complexity index is 799. The molecule has 1 aliphatic heterocycles. The van der Waals surface area contributed by atoms with Crippen molar-refractivity contribution in [2.75, 3.05) is 6.54 Å². The summed E-state index contributed by atoms with van der Waals surface area (Å²) in [5.74, 6) is 0.105. The Labute approximate surface area is 142 Å². The van der Waals surface area contributed by atoms with Gasteiger partial charge in [-0.1, -0.05) is 18.2 Å². The van der Waals surface area contributed by atoms with Crippen molar-refractivity contribution < 1.29 is 14.3 Å². The van der Waals surface area contributed by atoms with Gasteiger partial charge in [-0.25, -0.2) is 4.79 Å². The summed E-state index contributed by atoms with van der Waals surface area (Å²) in [6.45, 7) is 8.64. The van der Waals surface area contributed by atoms with E-state index < -0.39 is 5.60 Å². The van der Waals surface area contributed by atoms with E-state index in [0.29, 0.717) is 19.6 Å². The number of para-hydroxylation sites is 1. The number of carbonyl (C=O) groups is 2. The second-order valence-corrected chi connectivity index (χ2v) is 7.38. The summed E-state index contributed by atoms with van der Waals surface area (Å²) in [7, 11) is 0. The lowest BCUT2D eigenvalue weighted by atomic mass is 10.0. The van der Waals surface area contributed by atoms with Crippen molar-refractivity contribution in [1.82, 2.24) is 9.47 Å². The Kier molecular flexibility index (Phi) is 4.11. The number of aromatic nitrogens is 1. The average Bonchev–Trinajstić information content (AvgIpc) is 2.79. The summed E-state index contributed by atoms with van der Waals surface area (Å²) < 4.78 is 7.54. The third kappa shape index (κ3) is 3.16. The van der Waals surface area contributed by atoms with Gasteiger partial charge in [0.1, 0.15) is 11.4 Å². The number of rotatable bonds is 2. The molecule has 0 saturated carbocycles. The van der Waals surface area contributed by atoms with Gasteiger partial charge in [-0.15, -0.1) is 0 Å². The molecule has 0 spiro atoms. The van der Waals surface area contributed by atoms with Crippen molar-refractivity contribution in [1.29, 1.82) is 0 Å². The molecule has 5 nitrogen and oxygen atoms in total. The SMILES string of the molecule is CC(=O)Cn1c2c(c3ccccc31)CCN(C(=O)OC(C)(C)C)C2. The van der Waals surface area contributed by atoms with E-state index in [1.165, 1.54) is 10.9 Å². The minimum absolute atomic E-state index is 0.105. The lowest BCUT2D eigenvalue weighted by molar-refractivity contribution is -0.117. The minimum atomic E-state index is -0.510. The van der Waals surface area contributed by atoms with Crippen LogP contribution in [0.25, 0.3) is 10.9 Å². The molecule has 0 aliphatic carbocycles. The number of hydrogen-bond acceptors (Lipinski definition) is 3. The van der Waals surface area contributed by atoms with Crippen molar-refractivity contribution in [3.63, 3.8) is 0 Å². The highest BCUT2D eigenvalue weighted by Crippen LogP contribution is 2.31. The number of fused-ring (bicyclic) bond motifs is 3. The Morgan fingerprint density at radius 2 is 1.92 bits per heavy atom. The lowest BCUT2D eigenvalue weighted by Crippen LogP contribution is -2.40. The van der Waals surface area contributed by atoms with E-state index in [0.717, 1.165) is 17.6 Å². The van der Waals surface area contributed by atoms with E-state index in [1.54, 1.807) is 11.8 Å². The molecule has 5 heteroatoms. The van der Waals surface area contributed by atoms with Gasteiger partial charge in [0.15, 0.2) is 0 Å². The first-order valence-corrected chi connectivity index (χ1v) is 8.32. The van der Waals surface area contributed by atoms with E-state index in [4.69, 9.17) is 4.74 Å². The maximum Gasteiger partial charge on any atom is 0.410 e. The Hall–Kier alpha value is -2.30. The van der Waals surface area contributed by atoms with Crippen LogP contribution in [0.1, 0.15) is 39.0 Å². The number of ether oxygens (including phenoxy) is 1. The zero-order valence-electron chi connectivity index (χ0n) is 14.8. The van der Waals surface area contributed by atoms with Crippen molar-refractivity contribution in [3.05, 3.63) is 35.5 Å². The molecule has 2 heterocycles. The van der Waals surface area contributed by atoms with Gasteiger partial charge in [0.25, 0.3) is 0 Å². The molecule has 3 rings (SSSR count). The van der Waals surface area contributed by atoms with Crippen LogP contribution in [0.3, 0.4) is 0 Å². The molecular weight excluding hydrogens is 304 g/mol. The number of Topliss-reactive ketones (excluding diaryl/α,β-unsaturated/α-hetero) is 1. The molecule has 1 amide bonds. The number of nitrogens with zero attached hydrogens (tertiary/aromatic N) is 2. The first kappa shape index (κ1) is 16.6. The molecule has 2 aromatic rings. The third-order valence-electron chi connectivity index (χ3n) is 4.20. The summed E-state index contributed by atoms with van der Waals surface area (Å²) in [5, 5.41) is 1.18. The van der Waals surface area contributed by atoms with Gasteiger partial charge in [0.2, 0.25) is 0 Å². The van der Waals surface area contributed by atoms with Crippen LogP contribution >= 0.6 is 0 Å². The Balaban J connectivity index is 1.98. The first-order valence-electron chi connectivity index (χ1n) is 8.32. The summed E-state index contributed by atoms with van der Waals surface area (Å²) >= 11 is 0. The largest absolute Gasteiger partial charge is 0.444 e. The molecule has 1 aromatic carbocycles. The Morgan fingerprint density at radius 1 is 1.21 bits per heavy atom. The van der Waals surface area contributed by atoms with Crippen LogP contribution in [-0.2, 0) is 29.0 Å². The van der Waals surface area contributed by atoms with Gasteiger partial charge in [-0.05, 0) is 45.7 Å². The van der Waals surface area contributed by atoms with E-state index >= 15 is 0 Å². The monoisotopic (exact) mass is 328 g/mol. The van der Waals surface area contributed by atoms with E-state index in [2.05, 4.69) is 6.07 Å². The summed E-state index contributed by atoms with van der Waals surface area (Å²) in [4.78, 5) is 25.8. The Morgan fingerprint density at radius 3 is 2.58 bits per heavy atom. The standard InChI is InChI=1S/C19H24N2O3/c1-13(22)11-21-16-8-6-5-7-14(16)15-9-10-20(12-17(15)21)18(23)24-19(2,3)4/h5-8H,9-12H2,1-4H3. The third-order valence-corrected chi connectivity index (χ3v) is 4.20. The number of amides is 1. The molecule has 24 heavy (non-hydrogen) atoms. The topological polar surface area (TPSA) is 51.5 Å². The van der Waals surface area contributed by atoms with Crippen LogP contribution in [0.2, 0.25) is 0 Å². The maximum absolute atomic E-state index is 12.4. The second kappa shape index (κ2) is 5.96. The molecule has 1 aliphatic rings. The highest BCUT2D eigenvalue weighted by atomic mass is 16.6. The van der Waals surface area contributed by atoms with Crippen LogP contribution in [0.15, 0.2) is 24.3 Å². The van der Waals surface area contributed by atoms with Crippen molar-refractivity contribution >= 4 is 22.8 Å². The second-order valence-electron chi connectivity index (χ2n) is 7.38. The number of benzene rings is 1. The maximum atomic E-state index is 12.4. The van der Waals surface area contributed by atoms with Gasteiger partial charge in [0, 0.05) is 23.1 Å². The average molecular weight is 328 g/mol. The smallest absolute Gasteiger partial charge is 0.410 e. The van der Waals surface area contributed by atoms with E-state index in [9.17, 15) is 9.59 Å². The van der Waals surface area contributed by atoms with Gasteiger partial charge < -0.3 is 14.2 Å². The van der Waals surface area contributed by atoms with E-state index in [1.807, 2.05) is 43.5 Å². The number of hydrogen-bond donors (Lipinski definition) is 0. The zero-order chi connectivity index (χ0) is 17.5. The molecule has 128 valence electrons. The molecular formula is C19H24N2O3. The molecule has 0 unspecified atom stereocenters. The first-order chi connectivity index (χ1) is 11.3. The number of ketones is 1. The number of carbonyl (C=O) groups excluding carboxylic acids is 2. The van der Waals surface area contributed by atoms with Crippen LogP contribution in [0, 0.1) is 0 Å². The molecule has 0 fully saturated rings. The van der Waals surface area contributed by atoms with Crippen molar-refractivity contribution in [2.45, 2.75) is 52.8 Å². The van der Waals surface area contributed by atoms with Crippen LogP contribution in [0.5, 0.6) is 0 Å².